The lowest BCUT2D eigenvalue weighted by Gasteiger charge is -2.31. The Morgan fingerprint density at radius 3 is 2.83 bits per heavy atom. The molecule has 0 amide bonds. The lowest BCUT2D eigenvalue weighted by atomic mass is 10.3. The van der Waals surface area contributed by atoms with Crippen LogP contribution in [0.15, 0.2) is 29.2 Å². The highest BCUT2D eigenvalue weighted by Gasteiger charge is 2.31. The zero-order valence-electron chi connectivity index (χ0n) is 9.62. The SMILES string of the molecule is O=S(=O)(c1ccccc1Cl)N1CCOC(CO)C1. The quantitative estimate of drug-likeness (QED) is 0.891. The third-order valence-electron chi connectivity index (χ3n) is 2.76. The van der Waals surface area contributed by atoms with Crippen molar-refractivity contribution in [2.75, 3.05) is 26.3 Å². The summed E-state index contributed by atoms with van der Waals surface area (Å²) in [5.74, 6) is 0. The minimum Gasteiger partial charge on any atom is -0.394 e. The second-order valence-electron chi connectivity index (χ2n) is 3.97. The molecule has 0 aliphatic carbocycles. The fraction of sp³-hybridized carbons (Fsp3) is 0.455. The van der Waals surface area contributed by atoms with Crippen LogP contribution in [-0.2, 0) is 14.8 Å². The molecule has 1 aromatic rings. The molecule has 1 unspecified atom stereocenters. The number of halogens is 1. The van der Waals surface area contributed by atoms with Crippen LogP contribution in [0.25, 0.3) is 0 Å². The number of nitrogens with zero attached hydrogens (tertiary/aromatic N) is 1. The predicted octanol–water partition coefficient (Wildman–Crippen LogP) is 0.722. The van der Waals surface area contributed by atoms with E-state index in [0.29, 0.717) is 0 Å². The van der Waals surface area contributed by atoms with E-state index in [2.05, 4.69) is 0 Å². The molecule has 0 radical (unpaired) electrons. The van der Waals surface area contributed by atoms with Gasteiger partial charge in [-0.05, 0) is 12.1 Å². The van der Waals surface area contributed by atoms with Crippen molar-refractivity contribution in [1.29, 1.82) is 0 Å². The van der Waals surface area contributed by atoms with E-state index < -0.39 is 16.1 Å². The van der Waals surface area contributed by atoms with Crippen LogP contribution in [0.2, 0.25) is 5.02 Å². The van der Waals surface area contributed by atoms with Gasteiger partial charge >= 0.3 is 0 Å². The normalized spacial score (nSPS) is 22.0. The van der Waals surface area contributed by atoms with Crippen molar-refractivity contribution >= 4 is 21.6 Å². The Bertz CT molecular complexity index is 520. The number of morpholine rings is 1. The van der Waals surface area contributed by atoms with Crippen molar-refractivity contribution in [2.45, 2.75) is 11.0 Å². The Morgan fingerprint density at radius 1 is 1.44 bits per heavy atom. The zero-order chi connectivity index (χ0) is 13.2. The average Bonchev–Trinajstić information content (AvgIpc) is 2.39. The van der Waals surface area contributed by atoms with Gasteiger partial charge < -0.3 is 9.84 Å². The molecule has 1 aromatic carbocycles. The minimum atomic E-state index is -3.63. The number of aliphatic hydroxyl groups excluding tert-OH is 1. The van der Waals surface area contributed by atoms with Gasteiger partial charge in [-0.1, -0.05) is 23.7 Å². The fourth-order valence-electron chi connectivity index (χ4n) is 1.81. The van der Waals surface area contributed by atoms with Crippen molar-refractivity contribution in [2.24, 2.45) is 0 Å². The van der Waals surface area contributed by atoms with Gasteiger partial charge in [0.2, 0.25) is 10.0 Å². The first-order chi connectivity index (χ1) is 8.55. The molecule has 1 saturated heterocycles. The van der Waals surface area contributed by atoms with Gasteiger partial charge in [-0.15, -0.1) is 0 Å². The second kappa shape index (κ2) is 5.54. The Labute approximate surface area is 111 Å². The molecule has 1 N–H and O–H groups in total. The fourth-order valence-corrected chi connectivity index (χ4v) is 3.76. The molecule has 7 heteroatoms. The Kier molecular flexibility index (Phi) is 4.24. The summed E-state index contributed by atoms with van der Waals surface area (Å²) >= 11 is 5.91. The van der Waals surface area contributed by atoms with Crippen molar-refractivity contribution in [3.63, 3.8) is 0 Å². The molecule has 1 aliphatic rings. The lowest BCUT2D eigenvalue weighted by molar-refractivity contribution is -0.0304. The van der Waals surface area contributed by atoms with Gasteiger partial charge in [-0.3, -0.25) is 0 Å². The maximum Gasteiger partial charge on any atom is 0.244 e. The summed E-state index contributed by atoms with van der Waals surface area (Å²) in [6.45, 7) is 0.484. The highest BCUT2D eigenvalue weighted by atomic mass is 35.5. The maximum absolute atomic E-state index is 12.4. The molecular weight excluding hydrogens is 278 g/mol. The van der Waals surface area contributed by atoms with Gasteiger partial charge in [0.1, 0.15) is 4.90 Å². The standard InChI is InChI=1S/C11H14ClNO4S/c12-10-3-1-2-4-11(10)18(15,16)13-5-6-17-9(7-13)8-14/h1-4,9,14H,5-8H2. The van der Waals surface area contributed by atoms with Gasteiger partial charge in [-0.2, -0.15) is 4.31 Å². The van der Waals surface area contributed by atoms with Crippen molar-refractivity contribution in [3.05, 3.63) is 29.3 Å². The highest BCUT2D eigenvalue weighted by molar-refractivity contribution is 7.89. The van der Waals surface area contributed by atoms with Gasteiger partial charge in [0.15, 0.2) is 0 Å². The summed E-state index contributed by atoms with van der Waals surface area (Å²) < 4.78 is 31.3. The summed E-state index contributed by atoms with van der Waals surface area (Å²) in [5.41, 5.74) is 0. The number of benzene rings is 1. The van der Waals surface area contributed by atoms with Gasteiger partial charge in [0.05, 0.1) is 24.3 Å². The summed E-state index contributed by atoms with van der Waals surface area (Å²) in [6.07, 6.45) is -0.476. The number of ether oxygens (including phenoxy) is 1. The van der Waals surface area contributed by atoms with Crippen LogP contribution in [0.3, 0.4) is 0 Å². The predicted molar refractivity (Wildman–Crippen MR) is 67.0 cm³/mol. The average molecular weight is 292 g/mol. The minimum absolute atomic E-state index is 0.0882. The first-order valence-corrected chi connectivity index (χ1v) is 7.34. The molecule has 0 spiro atoms. The zero-order valence-corrected chi connectivity index (χ0v) is 11.2. The van der Waals surface area contributed by atoms with Gasteiger partial charge in [0.25, 0.3) is 0 Å². The smallest absolute Gasteiger partial charge is 0.244 e. The van der Waals surface area contributed by atoms with Crippen LogP contribution >= 0.6 is 11.6 Å². The van der Waals surface area contributed by atoms with Crippen molar-refractivity contribution in [1.82, 2.24) is 4.31 Å². The first-order valence-electron chi connectivity index (χ1n) is 5.53. The topological polar surface area (TPSA) is 66.8 Å². The molecule has 1 atom stereocenters. The monoisotopic (exact) mass is 291 g/mol. The van der Waals surface area contributed by atoms with Gasteiger partial charge in [-0.25, -0.2) is 8.42 Å². The van der Waals surface area contributed by atoms with Crippen LogP contribution in [0, 0.1) is 0 Å². The Hall–Kier alpha value is -0.660. The highest BCUT2D eigenvalue weighted by Crippen LogP contribution is 2.25. The molecule has 1 fully saturated rings. The molecule has 18 heavy (non-hydrogen) atoms. The number of aliphatic hydroxyl groups is 1. The number of hydrogen-bond donors (Lipinski definition) is 1. The molecule has 0 bridgehead atoms. The largest absolute Gasteiger partial charge is 0.394 e. The van der Waals surface area contributed by atoms with Gasteiger partial charge in [0, 0.05) is 13.1 Å². The summed E-state index contributed by atoms with van der Waals surface area (Å²) in [7, 11) is -3.63. The van der Waals surface area contributed by atoms with E-state index >= 15 is 0 Å². The van der Waals surface area contributed by atoms with E-state index in [1.165, 1.54) is 10.4 Å². The molecule has 100 valence electrons. The molecule has 1 aliphatic heterocycles. The third kappa shape index (κ3) is 2.67. The Morgan fingerprint density at radius 2 is 2.17 bits per heavy atom. The molecule has 5 nitrogen and oxygen atoms in total. The number of sulfonamides is 1. The second-order valence-corrected chi connectivity index (χ2v) is 6.28. The van der Waals surface area contributed by atoms with E-state index in [9.17, 15) is 8.42 Å². The summed E-state index contributed by atoms with van der Waals surface area (Å²) in [4.78, 5) is 0.0882. The summed E-state index contributed by atoms with van der Waals surface area (Å²) in [6, 6.07) is 6.32. The molecule has 2 rings (SSSR count). The molecule has 1 heterocycles. The van der Waals surface area contributed by atoms with E-state index in [1.54, 1.807) is 18.2 Å². The third-order valence-corrected chi connectivity index (χ3v) is 5.12. The van der Waals surface area contributed by atoms with Crippen LogP contribution in [0.4, 0.5) is 0 Å². The number of hydrogen-bond acceptors (Lipinski definition) is 4. The molecule has 0 aromatic heterocycles. The lowest BCUT2D eigenvalue weighted by Crippen LogP contribution is -2.46. The van der Waals surface area contributed by atoms with Crippen molar-refractivity contribution < 1.29 is 18.3 Å². The van der Waals surface area contributed by atoms with E-state index in [4.69, 9.17) is 21.4 Å². The van der Waals surface area contributed by atoms with Crippen LogP contribution in [0.1, 0.15) is 0 Å². The summed E-state index contributed by atoms with van der Waals surface area (Å²) in [5, 5.41) is 9.23. The molecule has 0 saturated carbocycles. The maximum atomic E-state index is 12.4. The van der Waals surface area contributed by atoms with E-state index in [-0.39, 0.29) is 36.2 Å². The van der Waals surface area contributed by atoms with Crippen LogP contribution in [0.5, 0.6) is 0 Å². The molecular formula is C11H14ClNO4S. The first kappa shape index (κ1) is 13.8. The van der Waals surface area contributed by atoms with Crippen molar-refractivity contribution in [3.8, 4) is 0 Å². The van der Waals surface area contributed by atoms with Crippen LogP contribution < -0.4 is 0 Å². The number of rotatable bonds is 3. The van der Waals surface area contributed by atoms with E-state index in [0.717, 1.165) is 0 Å². The van der Waals surface area contributed by atoms with Crippen LogP contribution in [-0.4, -0.2) is 50.2 Å². The van der Waals surface area contributed by atoms with E-state index in [1.807, 2.05) is 0 Å². The Balaban J connectivity index is 2.29.